The molecule has 0 bridgehead atoms. The Hall–Kier alpha value is -1.59. The van der Waals surface area contributed by atoms with Crippen molar-refractivity contribution in [3.05, 3.63) is 35.4 Å². The second kappa shape index (κ2) is 7.68. The fraction of sp³-hybridized carbons (Fsp3) is 0.462. The summed E-state index contributed by atoms with van der Waals surface area (Å²) in [7, 11) is 1.69. The molecule has 1 rings (SSSR count). The molecule has 0 aromatic heterocycles. The molecule has 1 aromatic rings. The van der Waals surface area contributed by atoms with Gasteiger partial charge >= 0.3 is 0 Å². The number of ether oxygens (including phenoxy) is 1. The SMILES string of the molecule is CCN(CCOC)Cc1ccccc1C(N)=NO. The van der Waals surface area contributed by atoms with Gasteiger partial charge in [-0.05, 0) is 12.1 Å². The van der Waals surface area contributed by atoms with Gasteiger partial charge in [0.15, 0.2) is 5.84 Å². The summed E-state index contributed by atoms with van der Waals surface area (Å²) in [6.45, 7) is 5.33. The number of hydrogen-bond donors (Lipinski definition) is 2. The van der Waals surface area contributed by atoms with E-state index in [1.807, 2.05) is 24.3 Å². The van der Waals surface area contributed by atoms with Crippen molar-refractivity contribution in [1.29, 1.82) is 0 Å². The number of benzene rings is 1. The monoisotopic (exact) mass is 251 g/mol. The Balaban J connectivity index is 2.82. The van der Waals surface area contributed by atoms with Crippen LogP contribution in [0.2, 0.25) is 0 Å². The molecule has 18 heavy (non-hydrogen) atoms. The number of rotatable bonds is 7. The highest BCUT2D eigenvalue weighted by molar-refractivity contribution is 5.98. The normalized spacial score (nSPS) is 12.1. The fourth-order valence-corrected chi connectivity index (χ4v) is 1.77. The van der Waals surface area contributed by atoms with Crippen molar-refractivity contribution in [2.45, 2.75) is 13.5 Å². The zero-order valence-electron chi connectivity index (χ0n) is 11.0. The van der Waals surface area contributed by atoms with E-state index in [1.165, 1.54) is 0 Å². The van der Waals surface area contributed by atoms with Crippen LogP contribution in [-0.4, -0.2) is 42.7 Å². The van der Waals surface area contributed by atoms with Gasteiger partial charge in [-0.2, -0.15) is 0 Å². The number of likely N-dealkylation sites (N-methyl/N-ethyl adjacent to an activating group) is 1. The van der Waals surface area contributed by atoms with Crippen LogP contribution < -0.4 is 5.73 Å². The molecule has 3 N–H and O–H groups in total. The van der Waals surface area contributed by atoms with Crippen LogP contribution in [0.15, 0.2) is 29.4 Å². The number of hydrogen-bond acceptors (Lipinski definition) is 4. The van der Waals surface area contributed by atoms with E-state index < -0.39 is 0 Å². The first kappa shape index (κ1) is 14.5. The van der Waals surface area contributed by atoms with Gasteiger partial charge in [0.05, 0.1) is 6.61 Å². The van der Waals surface area contributed by atoms with Gasteiger partial charge in [-0.3, -0.25) is 4.90 Å². The van der Waals surface area contributed by atoms with E-state index in [0.717, 1.165) is 30.8 Å². The lowest BCUT2D eigenvalue weighted by atomic mass is 10.1. The number of oxime groups is 1. The maximum atomic E-state index is 8.77. The second-order valence-electron chi connectivity index (χ2n) is 4.00. The van der Waals surface area contributed by atoms with Crippen LogP contribution in [-0.2, 0) is 11.3 Å². The molecular formula is C13H21N3O2. The van der Waals surface area contributed by atoms with Gasteiger partial charge in [-0.1, -0.05) is 36.3 Å². The van der Waals surface area contributed by atoms with E-state index in [0.29, 0.717) is 6.61 Å². The molecule has 0 aliphatic rings. The Labute approximate surface area is 108 Å². The Morgan fingerprint density at radius 1 is 1.44 bits per heavy atom. The highest BCUT2D eigenvalue weighted by Gasteiger charge is 2.09. The standard InChI is InChI=1S/C13H21N3O2/c1-3-16(8-9-18-2)10-11-6-4-5-7-12(11)13(14)15-17/h4-7,17H,3,8-10H2,1-2H3,(H2,14,15). The predicted molar refractivity (Wildman–Crippen MR) is 71.8 cm³/mol. The van der Waals surface area contributed by atoms with Gasteiger partial charge in [-0.15, -0.1) is 0 Å². The van der Waals surface area contributed by atoms with E-state index in [2.05, 4.69) is 17.0 Å². The Kier molecular flexibility index (Phi) is 6.18. The molecule has 0 radical (unpaired) electrons. The smallest absolute Gasteiger partial charge is 0.170 e. The number of amidine groups is 1. The molecule has 0 aliphatic heterocycles. The van der Waals surface area contributed by atoms with E-state index in [4.69, 9.17) is 15.7 Å². The number of methoxy groups -OCH3 is 1. The highest BCUT2D eigenvalue weighted by atomic mass is 16.5. The van der Waals surface area contributed by atoms with Crippen molar-refractivity contribution in [2.24, 2.45) is 10.9 Å². The Morgan fingerprint density at radius 2 is 2.17 bits per heavy atom. The molecule has 100 valence electrons. The van der Waals surface area contributed by atoms with E-state index >= 15 is 0 Å². The fourth-order valence-electron chi connectivity index (χ4n) is 1.77. The predicted octanol–water partition coefficient (Wildman–Crippen LogP) is 1.25. The molecule has 0 spiro atoms. The largest absolute Gasteiger partial charge is 0.409 e. The number of nitrogens with zero attached hydrogens (tertiary/aromatic N) is 2. The summed E-state index contributed by atoms with van der Waals surface area (Å²) >= 11 is 0. The molecule has 0 aliphatic carbocycles. The molecule has 0 saturated heterocycles. The summed E-state index contributed by atoms with van der Waals surface area (Å²) in [5.74, 6) is 0.147. The molecular weight excluding hydrogens is 230 g/mol. The van der Waals surface area contributed by atoms with Crippen LogP contribution in [0.3, 0.4) is 0 Å². The summed E-state index contributed by atoms with van der Waals surface area (Å²) < 4.78 is 5.08. The quantitative estimate of drug-likeness (QED) is 0.331. The Morgan fingerprint density at radius 3 is 2.78 bits per heavy atom. The van der Waals surface area contributed by atoms with Gasteiger partial charge in [0.2, 0.25) is 0 Å². The molecule has 0 saturated carbocycles. The number of nitrogens with two attached hydrogens (primary N) is 1. The summed E-state index contributed by atoms with van der Waals surface area (Å²) in [6.07, 6.45) is 0. The first-order valence-electron chi connectivity index (χ1n) is 6.00. The van der Waals surface area contributed by atoms with E-state index in [9.17, 15) is 0 Å². The van der Waals surface area contributed by atoms with Crippen LogP contribution in [0.5, 0.6) is 0 Å². The maximum Gasteiger partial charge on any atom is 0.170 e. The van der Waals surface area contributed by atoms with Crippen LogP contribution in [0.4, 0.5) is 0 Å². The third kappa shape index (κ3) is 4.01. The van der Waals surface area contributed by atoms with Crippen LogP contribution in [0.1, 0.15) is 18.1 Å². The van der Waals surface area contributed by atoms with E-state index in [1.54, 1.807) is 7.11 Å². The molecule has 5 nitrogen and oxygen atoms in total. The van der Waals surface area contributed by atoms with Crippen LogP contribution in [0, 0.1) is 0 Å². The molecule has 0 unspecified atom stereocenters. The van der Waals surface area contributed by atoms with Gasteiger partial charge in [-0.25, -0.2) is 0 Å². The lowest BCUT2D eigenvalue weighted by molar-refractivity contribution is 0.147. The average molecular weight is 251 g/mol. The topological polar surface area (TPSA) is 71.1 Å². The molecule has 0 fully saturated rings. The minimum absolute atomic E-state index is 0.147. The summed E-state index contributed by atoms with van der Waals surface area (Å²) in [5, 5.41) is 11.8. The van der Waals surface area contributed by atoms with Crippen molar-refractivity contribution < 1.29 is 9.94 Å². The van der Waals surface area contributed by atoms with Crippen molar-refractivity contribution in [2.75, 3.05) is 26.8 Å². The third-order valence-corrected chi connectivity index (χ3v) is 2.85. The van der Waals surface area contributed by atoms with Gasteiger partial charge in [0, 0.05) is 25.8 Å². The lowest BCUT2D eigenvalue weighted by Crippen LogP contribution is -2.28. The zero-order chi connectivity index (χ0) is 13.4. The highest BCUT2D eigenvalue weighted by Crippen LogP contribution is 2.11. The molecule has 1 aromatic carbocycles. The summed E-state index contributed by atoms with van der Waals surface area (Å²) in [6, 6.07) is 7.67. The molecule has 0 atom stereocenters. The molecule has 0 amide bonds. The van der Waals surface area contributed by atoms with Crippen molar-refractivity contribution in [1.82, 2.24) is 4.90 Å². The minimum atomic E-state index is 0.147. The lowest BCUT2D eigenvalue weighted by Gasteiger charge is -2.21. The third-order valence-electron chi connectivity index (χ3n) is 2.85. The van der Waals surface area contributed by atoms with Crippen molar-refractivity contribution in [3.63, 3.8) is 0 Å². The second-order valence-corrected chi connectivity index (χ2v) is 4.00. The minimum Gasteiger partial charge on any atom is -0.409 e. The van der Waals surface area contributed by atoms with E-state index in [-0.39, 0.29) is 5.84 Å². The molecule has 5 heteroatoms. The van der Waals surface area contributed by atoms with Crippen LogP contribution in [0.25, 0.3) is 0 Å². The first-order valence-corrected chi connectivity index (χ1v) is 6.00. The van der Waals surface area contributed by atoms with Crippen LogP contribution >= 0.6 is 0 Å². The zero-order valence-corrected chi connectivity index (χ0v) is 11.0. The first-order chi connectivity index (χ1) is 8.72. The van der Waals surface area contributed by atoms with Crippen molar-refractivity contribution in [3.8, 4) is 0 Å². The Bertz CT molecular complexity index is 394. The molecule has 0 heterocycles. The average Bonchev–Trinajstić information content (AvgIpc) is 2.43. The summed E-state index contributed by atoms with van der Waals surface area (Å²) in [4.78, 5) is 2.24. The van der Waals surface area contributed by atoms with Gasteiger partial charge in [0.1, 0.15) is 0 Å². The van der Waals surface area contributed by atoms with Crippen molar-refractivity contribution >= 4 is 5.84 Å². The maximum absolute atomic E-state index is 8.77. The summed E-state index contributed by atoms with van der Waals surface area (Å²) in [5.41, 5.74) is 7.49. The van der Waals surface area contributed by atoms with Gasteiger partial charge < -0.3 is 15.7 Å². The van der Waals surface area contributed by atoms with Gasteiger partial charge in [0.25, 0.3) is 0 Å².